The van der Waals surface area contributed by atoms with Gasteiger partial charge in [0.1, 0.15) is 0 Å². The Hall–Kier alpha value is -2.04. The van der Waals surface area contributed by atoms with Crippen LogP contribution in [-0.2, 0) is 9.68 Å². The molecule has 1 aromatic carbocycles. The molecule has 1 rings (SSSR count). The number of para-hydroxylation sites is 1. The maximum absolute atomic E-state index is 11.2. The fraction of sp³-hybridized carbons (Fsp3) is 0.333. The molecule has 0 saturated carbocycles. The molecule has 0 fully saturated rings. The first kappa shape index (κ1) is 13.0. The molecule has 0 spiro atoms. The number of rotatable bonds is 6. The van der Waals surface area contributed by atoms with E-state index in [0.717, 1.165) is 12.8 Å². The zero-order chi connectivity index (χ0) is 12.7. The molecule has 0 aliphatic carbocycles. The highest BCUT2D eigenvalue weighted by molar-refractivity contribution is 5.95. The Bertz CT molecular complexity index is 403. The maximum Gasteiger partial charge on any atom is 0.355 e. The molecule has 0 atom stereocenters. The second-order valence-electron chi connectivity index (χ2n) is 3.50. The van der Waals surface area contributed by atoms with Crippen LogP contribution in [0, 0.1) is 0 Å². The Labute approximate surface area is 99.4 Å². The van der Waals surface area contributed by atoms with E-state index >= 15 is 0 Å². The first-order valence-corrected chi connectivity index (χ1v) is 5.41. The highest BCUT2D eigenvalue weighted by Crippen LogP contribution is 2.17. The molecule has 2 N–H and O–H groups in total. The number of hydrogen-bond donors (Lipinski definition) is 1. The average molecular weight is 237 g/mol. The van der Waals surface area contributed by atoms with E-state index in [-0.39, 0.29) is 17.7 Å². The van der Waals surface area contributed by atoms with E-state index < -0.39 is 11.9 Å². The van der Waals surface area contributed by atoms with Crippen molar-refractivity contribution in [2.45, 2.75) is 26.2 Å². The van der Waals surface area contributed by atoms with Gasteiger partial charge in [0, 0.05) is 0 Å². The number of unbranched alkanes of at least 4 members (excludes halogenated alkanes) is 1. The summed E-state index contributed by atoms with van der Waals surface area (Å²) in [6, 6.07) is 6.30. The molecular weight excluding hydrogens is 222 g/mol. The van der Waals surface area contributed by atoms with Crippen molar-refractivity contribution in [3.05, 3.63) is 29.8 Å². The third-order valence-corrected chi connectivity index (χ3v) is 2.11. The Balaban J connectivity index is 2.57. The van der Waals surface area contributed by atoms with Gasteiger partial charge in [-0.25, -0.2) is 4.79 Å². The van der Waals surface area contributed by atoms with Gasteiger partial charge in [-0.05, 0) is 18.6 Å². The van der Waals surface area contributed by atoms with Crippen molar-refractivity contribution >= 4 is 11.9 Å². The number of amides is 1. The summed E-state index contributed by atoms with van der Waals surface area (Å²) in [5.74, 6) is -0.957. The summed E-state index contributed by atoms with van der Waals surface area (Å²) < 4.78 is 0. The number of nitrogens with two attached hydrogens (primary N) is 1. The van der Waals surface area contributed by atoms with Gasteiger partial charge in [-0.1, -0.05) is 25.5 Å². The molecule has 1 amide bonds. The van der Waals surface area contributed by atoms with Crippen LogP contribution in [0.1, 0.15) is 36.5 Å². The first-order valence-electron chi connectivity index (χ1n) is 5.41. The second-order valence-corrected chi connectivity index (χ2v) is 3.50. The van der Waals surface area contributed by atoms with Crippen LogP contribution in [0.3, 0.4) is 0 Å². The lowest BCUT2D eigenvalue weighted by atomic mass is 10.2. The van der Waals surface area contributed by atoms with Crippen LogP contribution < -0.4 is 10.6 Å². The molecule has 5 nitrogen and oxygen atoms in total. The lowest BCUT2D eigenvalue weighted by Gasteiger charge is -2.06. The zero-order valence-electron chi connectivity index (χ0n) is 9.64. The molecule has 0 bridgehead atoms. The second kappa shape index (κ2) is 6.52. The van der Waals surface area contributed by atoms with Crippen LogP contribution >= 0.6 is 0 Å². The van der Waals surface area contributed by atoms with Crippen molar-refractivity contribution in [1.29, 1.82) is 0 Å². The summed E-state index contributed by atoms with van der Waals surface area (Å²) in [5, 5.41) is 0. The van der Waals surface area contributed by atoms with Crippen LogP contribution in [0.25, 0.3) is 0 Å². The van der Waals surface area contributed by atoms with Gasteiger partial charge in [0.25, 0.3) is 5.91 Å². The molecular formula is C12H15NO4. The van der Waals surface area contributed by atoms with E-state index in [1.165, 1.54) is 12.1 Å². The minimum absolute atomic E-state index is 0.143. The molecule has 0 unspecified atom stereocenters. The van der Waals surface area contributed by atoms with Gasteiger partial charge in [0.2, 0.25) is 0 Å². The van der Waals surface area contributed by atoms with Gasteiger partial charge in [-0.3, -0.25) is 14.6 Å². The Morgan fingerprint density at radius 1 is 1.29 bits per heavy atom. The smallest absolute Gasteiger partial charge is 0.355 e. The summed E-state index contributed by atoms with van der Waals surface area (Å²) in [7, 11) is 0. The summed E-state index contributed by atoms with van der Waals surface area (Å²) >= 11 is 0. The Morgan fingerprint density at radius 3 is 2.65 bits per heavy atom. The molecule has 92 valence electrons. The fourth-order valence-corrected chi connectivity index (χ4v) is 1.20. The van der Waals surface area contributed by atoms with Crippen molar-refractivity contribution in [2.24, 2.45) is 5.73 Å². The Morgan fingerprint density at radius 2 is 2.00 bits per heavy atom. The quantitative estimate of drug-likeness (QED) is 0.604. The number of carbonyl (C=O) groups is 2. The molecule has 0 saturated heterocycles. The predicted molar refractivity (Wildman–Crippen MR) is 61.2 cm³/mol. The predicted octanol–water partition coefficient (Wildman–Crippen LogP) is 1.81. The Kier molecular flexibility index (Phi) is 5.00. The zero-order valence-corrected chi connectivity index (χ0v) is 9.64. The number of hydrogen-bond acceptors (Lipinski definition) is 4. The molecule has 0 aromatic heterocycles. The molecule has 1 aromatic rings. The fourth-order valence-electron chi connectivity index (χ4n) is 1.20. The normalized spacial score (nSPS) is 9.71. The number of carbonyl (C=O) groups excluding carboxylic acids is 2. The van der Waals surface area contributed by atoms with Crippen LogP contribution in [0.5, 0.6) is 5.75 Å². The van der Waals surface area contributed by atoms with Gasteiger partial charge in [-0.2, -0.15) is 0 Å². The van der Waals surface area contributed by atoms with E-state index in [4.69, 9.17) is 10.6 Å². The van der Waals surface area contributed by atoms with Crippen LogP contribution in [0.4, 0.5) is 0 Å². The highest BCUT2D eigenvalue weighted by atomic mass is 17.2. The van der Waals surface area contributed by atoms with Gasteiger partial charge in [0.05, 0.1) is 12.0 Å². The largest absolute Gasteiger partial charge is 0.365 e. The average Bonchev–Trinajstić information content (AvgIpc) is 2.34. The van der Waals surface area contributed by atoms with Crippen LogP contribution in [0.2, 0.25) is 0 Å². The summed E-state index contributed by atoms with van der Waals surface area (Å²) in [6.07, 6.45) is 1.92. The minimum Gasteiger partial charge on any atom is -0.365 e. The molecule has 0 heterocycles. The molecule has 5 heteroatoms. The molecule has 17 heavy (non-hydrogen) atoms. The lowest BCUT2D eigenvalue weighted by Crippen LogP contribution is -2.14. The molecule has 0 radical (unpaired) electrons. The summed E-state index contributed by atoms with van der Waals surface area (Å²) in [6.45, 7) is 1.97. The van der Waals surface area contributed by atoms with Gasteiger partial charge < -0.3 is 5.73 Å². The highest BCUT2D eigenvalue weighted by Gasteiger charge is 2.11. The van der Waals surface area contributed by atoms with E-state index in [0.29, 0.717) is 0 Å². The van der Waals surface area contributed by atoms with Crippen molar-refractivity contribution in [3.63, 3.8) is 0 Å². The van der Waals surface area contributed by atoms with Crippen molar-refractivity contribution in [3.8, 4) is 5.75 Å². The van der Waals surface area contributed by atoms with Crippen LogP contribution in [0.15, 0.2) is 24.3 Å². The standard InChI is InChI=1S/C12H15NO4/c1-2-3-8-11(14)17-16-10-7-5-4-6-9(10)12(13)15/h4-7H,2-3,8H2,1H3,(H2,13,15). The summed E-state index contributed by atoms with van der Waals surface area (Å²) in [5.41, 5.74) is 5.32. The number of primary amides is 1. The lowest BCUT2D eigenvalue weighted by molar-refractivity contribution is -0.214. The third kappa shape index (κ3) is 4.14. The minimum atomic E-state index is -0.634. The van der Waals surface area contributed by atoms with Gasteiger partial charge >= 0.3 is 5.97 Å². The van der Waals surface area contributed by atoms with Gasteiger partial charge in [-0.15, -0.1) is 0 Å². The van der Waals surface area contributed by atoms with E-state index in [9.17, 15) is 9.59 Å². The number of benzene rings is 1. The van der Waals surface area contributed by atoms with E-state index in [1.54, 1.807) is 12.1 Å². The SMILES string of the molecule is CCCCC(=O)OOc1ccccc1C(N)=O. The molecule has 0 aliphatic rings. The van der Waals surface area contributed by atoms with Crippen LogP contribution in [-0.4, -0.2) is 11.9 Å². The first-order chi connectivity index (χ1) is 8.15. The van der Waals surface area contributed by atoms with E-state index in [1.807, 2.05) is 6.92 Å². The van der Waals surface area contributed by atoms with Gasteiger partial charge in [0.15, 0.2) is 5.75 Å². The third-order valence-electron chi connectivity index (χ3n) is 2.11. The topological polar surface area (TPSA) is 78.6 Å². The van der Waals surface area contributed by atoms with Crippen molar-refractivity contribution in [1.82, 2.24) is 0 Å². The monoisotopic (exact) mass is 237 g/mol. The van der Waals surface area contributed by atoms with Crippen molar-refractivity contribution < 1.29 is 19.4 Å². The summed E-state index contributed by atoms with van der Waals surface area (Å²) in [4.78, 5) is 31.6. The molecule has 0 aliphatic heterocycles. The van der Waals surface area contributed by atoms with Crippen molar-refractivity contribution in [2.75, 3.05) is 0 Å². The maximum atomic E-state index is 11.2. The van der Waals surface area contributed by atoms with E-state index in [2.05, 4.69) is 4.89 Å².